The Morgan fingerprint density at radius 2 is 2.45 bits per heavy atom. The molecule has 1 aromatic rings. The molecule has 0 aliphatic heterocycles. The van der Waals surface area contributed by atoms with Gasteiger partial charge in [-0.25, -0.2) is 4.98 Å². The summed E-state index contributed by atoms with van der Waals surface area (Å²) in [5.41, 5.74) is 0.453. The summed E-state index contributed by atoms with van der Waals surface area (Å²) in [4.78, 5) is 4.42. The second-order valence-electron chi connectivity index (χ2n) is 1.86. The van der Waals surface area contributed by atoms with Gasteiger partial charge in [0.2, 0.25) is 5.88 Å². The molecule has 0 bridgehead atoms. The van der Waals surface area contributed by atoms with E-state index in [0.29, 0.717) is 16.3 Å². The van der Waals surface area contributed by atoms with Crippen LogP contribution in [0.15, 0.2) is 17.2 Å². The summed E-state index contributed by atoms with van der Waals surface area (Å²) in [5, 5.41) is 8.50. The van der Waals surface area contributed by atoms with Gasteiger partial charge in [-0.15, -0.1) is 12.6 Å². The zero-order valence-corrected chi connectivity index (χ0v) is 6.80. The number of nitriles is 1. The van der Waals surface area contributed by atoms with E-state index in [-0.39, 0.29) is 0 Å². The lowest BCUT2D eigenvalue weighted by Crippen LogP contribution is -1.88. The van der Waals surface area contributed by atoms with E-state index in [0.717, 1.165) is 0 Å². The van der Waals surface area contributed by atoms with E-state index < -0.39 is 0 Å². The molecule has 0 fully saturated rings. The van der Waals surface area contributed by atoms with Crippen LogP contribution in [0.4, 0.5) is 0 Å². The van der Waals surface area contributed by atoms with Crippen molar-refractivity contribution in [2.45, 2.75) is 4.90 Å². The topological polar surface area (TPSA) is 45.9 Å². The van der Waals surface area contributed by atoms with E-state index in [1.165, 1.54) is 13.3 Å². The summed E-state index contributed by atoms with van der Waals surface area (Å²) in [5.74, 6) is 0.467. The highest BCUT2D eigenvalue weighted by Crippen LogP contribution is 2.16. The van der Waals surface area contributed by atoms with Crippen LogP contribution in [0.3, 0.4) is 0 Å². The molecule has 0 aromatic carbocycles. The van der Waals surface area contributed by atoms with Gasteiger partial charge in [-0.2, -0.15) is 5.26 Å². The molecule has 1 rings (SSSR count). The number of thiol groups is 1. The molecule has 56 valence electrons. The van der Waals surface area contributed by atoms with Crippen molar-refractivity contribution >= 4 is 12.6 Å². The molecule has 0 saturated heterocycles. The number of rotatable bonds is 1. The average Bonchev–Trinajstić information content (AvgIpc) is 2.04. The second-order valence-corrected chi connectivity index (χ2v) is 2.34. The maximum atomic E-state index is 8.50. The van der Waals surface area contributed by atoms with Gasteiger partial charge < -0.3 is 4.74 Å². The Hall–Kier alpha value is -1.21. The van der Waals surface area contributed by atoms with Crippen molar-refractivity contribution in [3.05, 3.63) is 17.8 Å². The van der Waals surface area contributed by atoms with E-state index in [9.17, 15) is 0 Å². The molecule has 0 amide bonds. The van der Waals surface area contributed by atoms with Gasteiger partial charge in [-0.05, 0) is 0 Å². The fourth-order valence-electron chi connectivity index (χ4n) is 0.624. The molecule has 0 N–H and O–H groups in total. The molecule has 3 nitrogen and oxygen atoms in total. The number of hydrogen-bond acceptors (Lipinski definition) is 4. The van der Waals surface area contributed by atoms with Gasteiger partial charge in [-0.3, -0.25) is 0 Å². The summed E-state index contributed by atoms with van der Waals surface area (Å²) < 4.78 is 4.83. The lowest BCUT2D eigenvalue weighted by molar-refractivity contribution is 0.396. The molecule has 0 aliphatic rings. The summed E-state index contributed by atoms with van der Waals surface area (Å²) in [7, 11) is 1.52. The zero-order chi connectivity index (χ0) is 8.27. The third-order valence-corrected chi connectivity index (χ3v) is 1.56. The first kappa shape index (κ1) is 7.89. The number of aromatic nitrogens is 1. The van der Waals surface area contributed by atoms with Crippen molar-refractivity contribution in [1.29, 1.82) is 5.26 Å². The van der Waals surface area contributed by atoms with E-state index in [2.05, 4.69) is 17.6 Å². The van der Waals surface area contributed by atoms with Crippen LogP contribution < -0.4 is 4.74 Å². The van der Waals surface area contributed by atoms with Crippen molar-refractivity contribution in [2.24, 2.45) is 0 Å². The van der Waals surface area contributed by atoms with E-state index in [1.807, 2.05) is 6.07 Å². The minimum atomic E-state index is 0.453. The highest BCUT2D eigenvalue weighted by Gasteiger charge is 1.99. The predicted molar refractivity (Wildman–Crippen MR) is 42.8 cm³/mol. The van der Waals surface area contributed by atoms with Gasteiger partial charge in [0.25, 0.3) is 0 Å². The Morgan fingerprint density at radius 3 is 2.91 bits per heavy atom. The van der Waals surface area contributed by atoms with Gasteiger partial charge in [0.15, 0.2) is 0 Å². The SMILES string of the molecule is COc1cc(S)c(C#N)cn1. The van der Waals surface area contributed by atoms with Crippen LogP contribution in [0.5, 0.6) is 5.88 Å². The van der Waals surface area contributed by atoms with Crippen LogP contribution in [0.1, 0.15) is 5.56 Å². The highest BCUT2D eigenvalue weighted by atomic mass is 32.1. The number of nitrogens with zero attached hydrogens (tertiary/aromatic N) is 2. The molecule has 0 atom stereocenters. The summed E-state index contributed by atoms with van der Waals surface area (Å²) in [6.07, 6.45) is 1.43. The van der Waals surface area contributed by atoms with E-state index in [4.69, 9.17) is 10.00 Å². The molecule has 0 spiro atoms. The first-order valence-corrected chi connectivity index (χ1v) is 3.35. The quantitative estimate of drug-likeness (QED) is 0.639. The van der Waals surface area contributed by atoms with Crippen molar-refractivity contribution in [3.63, 3.8) is 0 Å². The Morgan fingerprint density at radius 1 is 1.73 bits per heavy atom. The average molecular weight is 166 g/mol. The molecule has 4 heteroatoms. The first-order chi connectivity index (χ1) is 5.27. The maximum Gasteiger partial charge on any atom is 0.214 e. The Balaban J connectivity index is 3.12. The lowest BCUT2D eigenvalue weighted by Gasteiger charge is -1.98. The molecule has 11 heavy (non-hydrogen) atoms. The second kappa shape index (κ2) is 3.26. The number of methoxy groups -OCH3 is 1. The fraction of sp³-hybridized carbons (Fsp3) is 0.143. The van der Waals surface area contributed by atoms with Crippen LogP contribution >= 0.6 is 12.6 Å². The third-order valence-electron chi connectivity index (χ3n) is 1.19. The van der Waals surface area contributed by atoms with Crippen molar-refractivity contribution in [2.75, 3.05) is 7.11 Å². The monoisotopic (exact) mass is 166 g/mol. The van der Waals surface area contributed by atoms with E-state index in [1.54, 1.807) is 6.07 Å². The molecule has 0 unspecified atom stereocenters. The minimum absolute atomic E-state index is 0.453. The Bertz CT molecular complexity index is 306. The molecule has 0 radical (unpaired) electrons. The molecular weight excluding hydrogens is 160 g/mol. The van der Waals surface area contributed by atoms with Gasteiger partial charge in [0.1, 0.15) is 6.07 Å². The number of hydrogen-bond donors (Lipinski definition) is 1. The minimum Gasteiger partial charge on any atom is -0.481 e. The van der Waals surface area contributed by atoms with Crippen molar-refractivity contribution in [1.82, 2.24) is 4.98 Å². The highest BCUT2D eigenvalue weighted by molar-refractivity contribution is 7.80. The van der Waals surface area contributed by atoms with Gasteiger partial charge in [0, 0.05) is 17.2 Å². The Labute approximate surface area is 70.0 Å². The predicted octanol–water partition coefficient (Wildman–Crippen LogP) is 1.25. The van der Waals surface area contributed by atoms with Crippen LogP contribution in [0.2, 0.25) is 0 Å². The van der Waals surface area contributed by atoms with Gasteiger partial charge in [0.05, 0.1) is 12.7 Å². The molecule has 0 aliphatic carbocycles. The third kappa shape index (κ3) is 1.63. The van der Waals surface area contributed by atoms with Crippen LogP contribution in [-0.2, 0) is 0 Å². The lowest BCUT2D eigenvalue weighted by atomic mass is 10.3. The first-order valence-electron chi connectivity index (χ1n) is 2.91. The smallest absolute Gasteiger partial charge is 0.214 e. The molecule has 0 saturated carbocycles. The van der Waals surface area contributed by atoms with Gasteiger partial charge >= 0.3 is 0 Å². The maximum absolute atomic E-state index is 8.50. The molecule has 1 heterocycles. The number of ether oxygens (including phenoxy) is 1. The van der Waals surface area contributed by atoms with Crippen LogP contribution in [0.25, 0.3) is 0 Å². The van der Waals surface area contributed by atoms with Crippen molar-refractivity contribution < 1.29 is 4.74 Å². The summed E-state index contributed by atoms with van der Waals surface area (Å²) in [6.45, 7) is 0. The van der Waals surface area contributed by atoms with Gasteiger partial charge in [-0.1, -0.05) is 0 Å². The normalized spacial score (nSPS) is 8.82. The van der Waals surface area contributed by atoms with Crippen molar-refractivity contribution in [3.8, 4) is 11.9 Å². The Kier molecular flexibility index (Phi) is 2.34. The standard InChI is InChI=1S/C7H6N2OS/c1-10-7-2-6(11)5(3-8)4-9-7/h2,4H,1H3,(H,9,11). The molecule has 1 aromatic heterocycles. The summed E-state index contributed by atoms with van der Waals surface area (Å²) >= 11 is 4.06. The largest absolute Gasteiger partial charge is 0.481 e. The summed E-state index contributed by atoms with van der Waals surface area (Å²) in [6, 6.07) is 3.55. The van der Waals surface area contributed by atoms with E-state index >= 15 is 0 Å². The molecular formula is C7H6N2OS. The zero-order valence-electron chi connectivity index (χ0n) is 5.90. The number of pyridine rings is 1. The fourth-order valence-corrected chi connectivity index (χ4v) is 0.842. The van der Waals surface area contributed by atoms with Crippen LogP contribution in [0, 0.1) is 11.3 Å². The van der Waals surface area contributed by atoms with Crippen LogP contribution in [-0.4, -0.2) is 12.1 Å².